The van der Waals surface area contributed by atoms with E-state index in [1.807, 2.05) is 0 Å². The summed E-state index contributed by atoms with van der Waals surface area (Å²) in [7, 11) is 1.45. The molecule has 240 valence electrons. The molecular formula is C34H55BrO7. The van der Waals surface area contributed by atoms with Crippen molar-refractivity contribution in [3.8, 4) is 0 Å². The van der Waals surface area contributed by atoms with Crippen molar-refractivity contribution >= 4 is 21.9 Å². The molecule has 0 aromatic rings. The number of alkyl halides is 1. The van der Waals surface area contributed by atoms with Crippen molar-refractivity contribution < 1.29 is 33.2 Å². The number of fused-ring (bicyclic) bond motifs is 1. The monoisotopic (exact) mass is 654 g/mol. The Labute approximate surface area is 262 Å². The van der Waals surface area contributed by atoms with Crippen LogP contribution in [0.25, 0.3) is 0 Å². The Bertz CT molecular complexity index is 834. The molecule has 3 unspecified atom stereocenters. The number of halogens is 1. The fraction of sp³-hybridized carbons (Fsp3) is 0.912. The lowest BCUT2D eigenvalue weighted by Crippen LogP contribution is -2.34. The largest absolute Gasteiger partial charge is 0.469 e. The van der Waals surface area contributed by atoms with Crippen LogP contribution < -0.4 is 0 Å². The van der Waals surface area contributed by atoms with Gasteiger partial charge in [0.1, 0.15) is 0 Å². The molecule has 5 rings (SSSR count). The normalized spacial score (nSPS) is 38.8. The number of methoxy groups -OCH3 is 1. The summed E-state index contributed by atoms with van der Waals surface area (Å²) in [6.45, 7) is 3.92. The van der Waals surface area contributed by atoms with Gasteiger partial charge in [0, 0.05) is 36.8 Å². The summed E-state index contributed by atoms with van der Waals surface area (Å²) in [5.41, 5.74) is 0. The first kappa shape index (κ1) is 32.9. The lowest BCUT2D eigenvalue weighted by Gasteiger charge is -2.35. The maximum atomic E-state index is 11.6. The highest BCUT2D eigenvalue weighted by Crippen LogP contribution is 2.48. The minimum atomic E-state index is -0.146. The zero-order chi connectivity index (χ0) is 29.3. The zero-order valence-corrected chi connectivity index (χ0v) is 27.6. The van der Waals surface area contributed by atoms with Crippen LogP contribution in [0.2, 0.25) is 0 Å². The average molecular weight is 656 g/mol. The lowest BCUT2D eigenvalue weighted by molar-refractivity contribution is -0.195. The molecule has 2 aliphatic carbocycles. The molecule has 3 aliphatic heterocycles. The van der Waals surface area contributed by atoms with E-state index in [0.717, 1.165) is 76.9 Å². The molecule has 0 bridgehead atoms. The van der Waals surface area contributed by atoms with Crippen LogP contribution in [0.5, 0.6) is 0 Å². The summed E-state index contributed by atoms with van der Waals surface area (Å²) in [5.74, 6) is 1.93. The number of esters is 1. The fourth-order valence-electron chi connectivity index (χ4n) is 7.96. The molecule has 0 aromatic carbocycles. The van der Waals surface area contributed by atoms with Crippen LogP contribution in [-0.4, -0.2) is 68.1 Å². The second-order valence-electron chi connectivity index (χ2n) is 13.4. The second-order valence-corrected chi connectivity index (χ2v) is 14.5. The Morgan fingerprint density at radius 3 is 2.38 bits per heavy atom. The van der Waals surface area contributed by atoms with Gasteiger partial charge in [0.25, 0.3) is 0 Å². The third-order valence-electron chi connectivity index (χ3n) is 10.6. The van der Waals surface area contributed by atoms with Gasteiger partial charge in [-0.05, 0) is 88.4 Å². The Hall–Kier alpha value is -0.510. The number of rotatable bonds is 13. The van der Waals surface area contributed by atoms with Crippen molar-refractivity contribution in [2.24, 2.45) is 23.7 Å². The number of ether oxygens (including phenoxy) is 6. The minimum Gasteiger partial charge on any atom is -0.469 e. The average Bonchev–Trinajstić information content (AvgIpc) is 3.58. The number of hydrogen-bond donors (Lipinski definition) is 0. The molecule has 0 radical (unpaired) electrons. The molecule has 9 atom stereocenters. The summed E-state index contributed by atoms with van der Waals surface area (Å²) in [5, 5.41) is 0. The number of hydrogen-bond acceptors (Lipinski definition) is 7. The topological polar surface area (TPSA) is 72.5 Å². The predicted molar refractivity (Wildman–Crippen MR) is 165 cm³/mol. The molecule has 7 nitrogen and oxygen atoms in total. The van der Waals surface area contributed by atoms with Gasteiger partial charge in [-0.25, -0.2) is 0 Å². The molecule has 0 amide bonds. The van der Waals surface area contributed by atoms with Crippen LogP contribution in [-0.2, 0) is 33.2 Å². The van der Waals surface area contributed by atoms with Crippen LogP contribution in [0.3, 0.4) is 0 Å². The van der Waals surface area contributed by atoms with Crippen molar-refractivity contribution in [1.82, 2.24) is 0 Å². The summed E-state index contributed by atoms with van der Waals surface area (Å²) in [6, 6.07) is 0. The third-order valence-corrected chi connectivity index (χ3v) is 11.6. The predicted octanol–water partition coefficient (Wildman–Crippen LogP) is 7.48. The number of carbonyl (C=O) groups excluding carboxylic acids is 1. The van der Waals surface area contributed by atoms with Crippen LogP contribution in [0, 0.1) is 23.7 Å². The Morgan fingerprint density at radius 1 is 0.976 bits per heavy atom. The SMILES string of the molecule is CCC1CCC([C@@H](C=C[C@@H]2[C@H]3C[C@H](C(Br)CCCC(=O)OC)O[C@@H]3C[C@H]2OC2CCCCO2)OC2CCCCO2)CC1. The van der Waals surface area contributed by atoms with Gasteiger partial charge in [0.05, 0.1) is 31.5 Å². The molecular weight excluding hydrogens is 600 g/mol. The number of carbonyl (C=O) groups is 1. The van der Waals surface area contributed by atoms with Crippen molar-refractivity contribution in [2.45, 2.75) is 151 Å². The molecule has 2 saturated carbocycles. The molecule has 3 heterocycles. The lowest BCUT2D eigenvalue weighted by atomic mass is 9.78. The summed E-state index contributed by atoms with van der Waals surface area (Å²) < 4.78 is 37.0. The quantitative estimate of drug-likeness (QED) is 0.116. The molecule has 3 saturated heterocycles. The van der Waals surface area contributed by atoms with Crippen molar-refractivity contribution in [3.63, 3.8) is 0 Å². The van der Waals surface area contributed by atoms with E-state index in [1.54, 1.807) is 0 Å². The summed E-state index contributed by atoms with van der Waals surface area (Å²) >= 11 is 3.90. The van der Waals surface area contributed by atoms with Gasteiger partial charge in [-0.3, -0.25) is 4.79 Å². The Morgan fingerprint density at radius 2 is 1.71 bits per heavy atom. The molecule has 0 spiro atoms. The molecule has 42 heavy (non-hydrogen) atoms. The van der Waals surface area contributed by atoms with E-state index in [2.05, 4.69) is 35.0 Å². The Kier molecular flexibility index (Phi) is 13.1. The van der Waals surface area contributed by atoms with Gasteiger partial charge in [0.2, 0.25) is 0 Å². The first-order valence-corrected chi connectivity index (χ1v) is 18.0. The molecule has 0 aromatic heterocycles. The van der Waals surface area contributed by atoms with Gasteiger partial charge in [-0.1, -0.05) is 54.3 Å². The van der Waals surface area contributed by atoms with E-state index in [0.29, 0.717) is 18.3 Å². The fourth-order valence-corrected chi connectivity index (χ4v) is 8.62. The zero-order valence-electron chi connectivity index (χ0n) is 26.0. The van der Waals surface area contributed by atoms with E-state index in [1.165, 1.54) is 45.6 Å². The second kappa shape index (κ2) is 16.7. The van der Waals surface area contributed by atoms with Gasteiger partial charge < -0.3 is 28.4 Å². The van der Waals surface area contributed by atoms with E-state index in [4.69, 9.17) is 28.4 Å². The standard InChI is InChI=1S/C34H55BrO7/c1-3-23-13-15-24(16-14-23)28(41-33-11-4-6-19-38-33)18-17-25-26-21-31(27(35)9-8-10-32(36)37-2)40-30(26)22-29(25)42-34-12-5-7-20-39-34/h17-18,23-31,33-34H,3-16,19-22H2,1-2H3/t23?,24?,25-,26-,27?,28-,29-,30-,31-,33?,34?/m1/s1. The minimum absolute atomic E-state index is 0.0805. The van der Waals surface area contributed by atoms with E-state index in [9.17, 15) is 4.79 Å². The van der Waals surface area contributed by atoms with Crippen LogP contribution in [0.15, 0.2) is 12.2 Å². The maximum Gasteiger partial charge on any atom is 0.305 e. The summed E-state index contributed by atoms with van der Waals surface area (Å²) in [4.78, 5) is 11.8. The third kappa shape index (κ3) is 9.03. The molecule has 0 N–H and O–H groups in total. The highest BCUT2D eigenvalue weighted by molar-refractivity contribution is 9.09. The van der Waals surface area contributed by atoms with Gasteiger partial charge in [0.15, 0.2) is 12.6 Å². The molecule has 5 fully saturated rings. The van der Waals surface area contributed by atoms with E-state index < -0.39 is 0 Å². The van der Waals surface area contributed by atoms with E-state index in [-0.39, 0.29) is 53.7 Å². The van der Waals surface area contributed by atoms with Gasteiger partial charge in [-0.15, -0.1) is 0 Å². The van der Waals surface area contributed by atoms with Crippen molar-refractivity contribution in [2.75, 3.05) is 20.3 Å². The highest BCUT2D eigenvalue weighted by atomic mass is 79.9. The summed E-state index contributed by atoms with van der Waals surface area (Å²) in [6.07, 6.45) is 22.1. The van der Waals surface area contributed by atoms with Crippen LogP contribution in [0.1, 0.15) is 110 Å². The first-order chi connectivity index (χ1) is 20.5. The highest BCUT2D eigenvalue weighted by Gasteiger charge is 2.51. The van der Waals surface area contributed by atoms with E-state index >= 15 is 0 Å². The molecule has 8 heteroatoms. The van der Waals surface area contributed by atoms with Crippen LogP contribution in [0.4, 0.5) is 0 Å². The Balaban J connectivity index is 1.27. The maximum absolute atomic E-state index is 11.6. The van der Waals surface area contributed by atoms with Gasteiger partial charge in [-0.2, -0.15) is 0 Å². The van der Waals surface area contributed by atoms with Crippen molar-refractivity contribution in [1.29, 1.82) is 0 Å². The van der Waals surface area contributed by atoms with Crippen molar-refractivity contribution in [3.05, 3.63) is 12.2 Å². The smallest absolute Gasteiger partial charge is 0.305 e. The van der Waals surface area contributed by atoms with Crippen LogP contribution >= 0.6 is 15.9 Å². The van der Waals surface area contributed by atoms with Gasteiger partial charge >= 0.3 is 5.97 Å². The first-order valence-electron chi connectivity index (χ1n) is 17.1. The molecule has 5 aliphatic rings.